The molecular formula is C20H23ClN4O2S. The van der Waals surface area contributed by atoms with Crippen LogP contribution < -0.4 is 5.32 Å². The molecule has 0 radical (unpaired) electrons. The molecule has 6 nitrogen and oxygen atoms in total. The van der Waals surface area contributed by atoms with Crippen molar-refractivity contribution in [2.45, 2.75) is 63.1 Å². The molecular weight excluding hydrogens is 396 g/mol. The Morgan fingerprint density at radius 2 is 1.82 bits per heavy atom. The Balaban J connectivity index is 1.65. The Kier molecular flexibility index (Phi) is 5.92. The molecule has 2 saturated carbocycles. The van der Waals surface area contributed by atoms with Crippen molar-refractivity contribution in [2.75, 3.05) is 0 Å². The van der Waals surface area contributed by atoms with Gasteiger partial charge in [0.15, 0.2) is 5.69 Å². The predicted octanol–water partition coefficient (Wildman–Crippen LogP) is 3.99. The van der Waals surface area contributed by atoms with E-state index in [9.17, 15) is 9.59 Å². The van der Waals surface area contributed by atoms with Crippen LogP contribution in [0, 0.1) is 0 Å². The van der Waals surface area contributed by atoms with Crippen molar-refractivity contribution in [1.82, 2.24) is 19.8 Å². The number of halogens is 1. The largest absolute Gasteiger partial charge is 0.351 e. The Bertz CT molecular complexity index is 817. The summed E-state index contributed by atoms with van der Waals surface area (Å²) >= 11 is 7.19. The zero-order valence-electron chi connectivity index (χ0n) is 15.5. The van der Waals surface area contributed by atoms with Crippen LogP contribution in [-0.4, -0.2) is 38.4 Å². The van der Waals surface area contributed by atoms with E-state index in [0.29, 0.717) is 10.7 Å². The number of amides is 2. The molecule has 2 aliphatic rings. The summed E-state index contributed by atoms with van der Waals surface area (Å²) in [5.74, 6) is -0.368. The first-order valence-corrected chi connectivity index (χ1v) is 11.0. The first-order valence-electron chi connectivity index (χ1n) is 9.79. The third kappa shape index (κ3) is 4.36. The third-order valence-electron chi connectivity index (χ3n) is 5.42. The lowest BCUT2D eigenvalue weighted by Crippen LogP contribution is -2.48. The number of nitrogens with zero attached hydrogens (tertiary/aromatic N) is 3. The van der Waals surface area contributed by atoms with Crippen LogP contribution in [0.5, 0.6) is 0 Å². The third-order valence-corrected chi connectivity index (χ3v) is 6.17. The second kappa shape index (κ2) is 8.57. The van der Waals surface area contributed by atoms with Crippen LogP contribution in [-0.2, 0) is 4.79 Å². The van der Waals surface area contributed by atoms with Gasteiger partial charge < -0.3 is 10.2 Å². The van der Waals surface area contributed by atoms with E-state index in [1.54, 1.807) is 22.4 Å². The molecule has 1 aromatic heterocycles. The van der Waals surface area contributed by atoms with Crippen LogP contribution in [0.15, 0.2) is 29.6 Å². The molecule has 0 saturated heterocycles. The molecule has 2 aliphatic carbocycles. The Morgan fingerprint density at radius 3 is 2.43 bits per heavy atom. The molecule has 2 aromatic rings. The summed E-state index contributed by atoms with van der Waals surface area (Å²) in [6.07, 6.45) is 7.25. The lowest BCUT2D eigenvalue weighted by atomic mass is 9.94. The summed E-state index contributed by atoms with van der Waals surface area (Å²) in [6.45, 7) is 0. The second-order valence-corrected chi connectivity index (χ2v) is 8.58. The summed E-state index contributed by atoms with van der Waals surface area (Å²) in [7, 11) is 0. The topological polar surface area (TPSA) is 75.2 Å². The lowest BCUT2D eigenvalue weighted by Gasteiger charge is -2.33. The van der Waals surface area contributed by atoms with E-state index in [0.717, 1.165) is 55.6 Å². The molecule has 1 unspecified atom stereocenters. The Morgan fingerprint density at radius 1 is 1.11 bits per heavy atom. The standard InChI is InChI=1S/C20H23ClN4O2S/c21-14-8-6-13(7-9-14)18(19(26)22-15-4-2-1-3-5-15)25(16-10-11-16)20(27)17-12-28-24-23-17/h6-9,12,15-16,18H,1-5,10-11H2,(H,22,26). The number of rotatable bonds is 6. The fourth-order valence-corrected chi connectivity index (χ4v) is 4.40. The molecule has 148 valence electrons. The van der Waals surface area contributed by atoms with E-state index in [-0.39, 0.29) is 23.9 Å². The first kappa shape index (κ1) is 19.3. The summed E-state index contributed by atoms with van der Waals surface area (Å²) in [6, 6.07) is 6.71. The summed E-state index contributed by atoms with van der Waals surface area (Å²) in [5, 5.41) is 9.37. The Labute approximate surface area is 173 Å². The average molecular weight is 419 g/mol. The number of aromatic nitrogens is 2. The SMILES string of the molecule is O=C(NC1CCCCC1)C(c1ccc(Cl)cc1)N(C(=O)c1csnn1)C1CC1. The molecule has 2 amide bonds. The molecule has 1 heterocycles. The van der Waals surface area contributed by atoms with Crippen molar-refractivity contribution >= 4 is 34.9 Å². The van der Waals surface area contributed by atoms with E-state index in [1.165, 1.54) is 6.42 Å². The summed E-state index contributed by atoms with van der Waals surface area (Å²) in [4.78, 5) is 28.3. The summed E-state index contributed by atoms with van der Waals surface area (Å²) in [5.41, 5.74) is 1.06. The zero-order valence-corrected chi connectivity index (χ0v) is 17.1. The van der Waals surface area contributed by atoms with Gasteiger partial charge in [-0.2, -0.15) is 0 Å². The van der Waals surface area contributed by atoms with Crippen molar-refractivity contribution in [2.24, 2.45) is 0 Å². The normalized spacial score (nSPS) is 18.5. The minimum atomic E-state index is -0.694. The molecule has 8 heteroatoms. The smallest absolute Gasteiger partial charge is 0.276 e. The summed E-state index contributed by atoms with van der Waals surface area (Å²) < 4.78 is 3.81. The average Bonchev–Trinajstić information content (AvgIpc) is 3.39. The van der Waals surface area contributed by atoms with E-state index in [2.05, 4.69) is 14.9 Å². The van der Waals surface area contributed by atoms with Gasteiger partial charge in [-0.1, -0.05) is 47.5 Å². The van der Waals surface area contributed by atoms with Crippen molar-refractivity contribution in [1.29, 1.82) is 0 Å². The number of hydrogen-bond acceptors (Lipinski definition) is 5. The number of benzene rings is 1. The molecule has 0 aliphatic heterocycles. The molecule has 1 atom stereocenters. The van der Waals surface area contributed by atoms with Crippen molar-refractivity contribution in [3.63, 3.8) is 0 Å². The van der Waals surface area contributed by atoms with E-state index in [1.807, 2.05) is 12.1 Å². The zero-order chi connectivity index (χ0) is 19.5. The highest BCUT2D eigenvalue weighted by Crippen LogP contribution is 2.36. The van der Waals surface area contributed by atoms with Crippen LogP contribution in [0.25, 0.3) is 0 Å². The Hall–Kier alpha value is -1.99. The van der Waals surface area contributed by atoms with Crippen molar-refractivity contribution in [3.05, 3.63) is 45.9 Å². The monoisotopic (exact) mass is 418 g/mol. The van der Waals surface area contributed by atoms with Gasteiger partial charge in [0.05, 0.1) is 0 Å². The van der Waals surface area contributed by atoms with Crippen LogP contribution in [0.3, 0.4) is 0 Å². The number of nitrogens with one attached hydrogen (secondary N) is 1. The van der Waals surface area contributed by atoms with Crippen molar-refractivity contribution < 1.29 is 9.59 Å². The van der Waals surface area contributed by atoms with E-state index < -0.39 is 6.04 Å². The van der Waals surface area contributed by atoms with E-state index in [4.69, 9.17) is 11.6 Å². The van der Waals surface area contributed by atoms with Gasteiger partial charge >= 0.3 is 0 Å². The maximum atomic E-state index is 13.4. The van der Waals surface area contributed by atoms with Crippen LogP contribution in [0.2, 0.25) is 5.02 Å². The number of carbonyl (C=O) groups excluding carboxylic acids is 2. The van der Waals surface area contributed by atoms with Gasteiger partial charge in [-0.3, -0.25) is 9.59 Å². The van der Waals surface area contributed by atoms with Gasteiger partial charge in [0.1, 0.15) is 6.04 Å². The predicted molar refractivity (Wildman–Crippen MR) is 108 cm³/mol. The second-order valence-electron chi connectivity index (χ2n) is 7.53. The first-order chi connectivity index (χ1) is 13.6. The van der Waals surface area contributed by atoms with Crippen LogP contribution >= 0.6 is 23.1 Å². The van der Waals surface area contributed by atoms with Gasteiger partial charge in [0.2, 0.25) is 5.91 Å². The minimum Gasteiger partial charge on any atom is -0.351 e. The highest BCUT2D eigenvalue weighted by atomic mass is 35.5. The maximum Gasteiger partial charge on any atom is 0.276 e. The van der Waals surface area contributed by atoms with Gasteiger partial charge in [-0.15, -0.1) is 5.10 Å². The van der Waals surface area contributed by atoms with Crippen molar-refractivity contribution in [3.8, 4) is 0 Å². The molecule has 4 rings (SSSR count). The van der Waals surface area contributed by atoms with Gasteiger partial charge in [0, 0.05) is 22.5 Å². The molecule has 1 aromatic carbocycles. The van der Waals surface area contributed by atoms with Crippen LogP contribution in [0.1, 0.15) is 67.0 Å². The number of carbonyl (C=O) groups is 2. The molecule has 0 spiro atoms. The van der Waals surface area contributed by atoms with Gasteiger partial charge in [0.25, 0.3) is 5.91 Å². The molecule has 0 bridgehead atoms. The highest BCUT2D eigenvalue weighted by molar-refractivity contribution is 7.03. The van der Waals surface area contributed by atoms with Crippen LogP contribution in [0.4, 0.5) is 0 Å². The van der Waals surface area contributed by atoms with Gasteiger partial charge in [-0.25, -0.2) is 0 Å². The van der Waals surface area contributed by atoms with Gasteiger partial charge in [-0.05, 0) is 54.9 Å². The molecule has 2 fully saturated rings. The highest BCUT2D eigenvalue weighted by Gasteiger charge is 2.42. The number of hydrogen-bond donors (Lipinski definition) is 1. The fourth-order valence-electron chi connectivity index (χ4n) is 3.85. The molecule has 1 N–H and O–H groups in total. The maximum absolute atomic E-state index is 13.4. The minimum absolute atomic E-state index is 0.0481. The lowest BCUT2D eigenvalue weighted by molar-refractivity contribution is -0.127. The van der Waals surface area contributed by atoms with E-state index >= 15 is 0 Å². The quantitative estimate of drug-likeness (QED) is 0.769. The molecule has 28 heavy (non-hydrogen) atoms. The fraction of sp³-hybridized carbons (Fsp3) is 0.500.